The molecule has 98 valence electrons. The van der Waals surface area contributed by atoms with Gasteiger partial charge in [0.1, 0.15) is 11.6 Å². The molecule has 1 aromatic rings. The Hall–Kier alpha value is -2.61. The maximum atomic E-state index is 11.5. The summed E-state index contributed by atoms with van der Waals surface area (Å²) in [6.45, 7) is 2.09. The summed E-state index contributed by atoms with van der Waals surface area (Å²) in [5, 5.41) is 17.7. The number of ether oxygens (including phenoxy) is 1. The summed E-state index contributed by atoms with van der Waals surface area (Å²) in [5.74, 6) is -1.77. The van der Waals surface area contributed by atoms with Gasteiger partial charge in [-0.1, -0.05) is 19.1 Å². The van der Waals surface area contributed by atoms with Gasteiger partial charge >= 0.3 is 11.9 Å². The Bertz CT molecular complexity index is 555. The lowest BCUT2D eigenvalue weighted by Gasteiger charge is -2.02. The van der Waals surface area contributed by atoms with Crippen LogP contribution in [0.4, 0.5) is 0 Å². The zero-order valence-corrected chi connectivity index (χ0v) is 10.4. The van der Waals surface area contributed by atoms with E-state index in [0.29, 0.717) is 12.0 Å². The monoisotopic (exact) mass is 259 g/mol. The molecule has 0 heterocycles. The lowest BCUT2D eigenvalue weighted by atomic mass is 10.1. The van der Waals surface area contributed by atoms with Crippen LogP contribution in [0.15, 0.2) is 29.8 Å². The van der Waals surface area contributed by atoms with Crippen LogP contribution >= 0.6 is 0 Å². The third kappa shape index (κ3) is 4.28. The molecule has 1 N–H and O–H groups in total. The van der Waals surface area contributed by atoms with Crippen LogP contribution in [0.5, 0.6) is 0 Å². The van der Waals surface area contributed by atoms with Crippen molar-refractivity contribution in [3.63, 3.8) is 0 Å². The molecule has 5 nitrogen and oxygen atoms in total. The molecular formula is C14H13NO4. The number of rotatable bonds is 5. The summed E-state index contributed by atoms with van der Waals surface area (Å²) in [4.78, 5) is 22.3. The first-order chi connectivity index (χ1) is 9.08. The molecule has 0 amide bonds. The van der Waals surface area contributed by atoms with Gasteiger partial charge in [0.15, 0.2) is 0 Å². The number of hydrogen-bond acceptors (Lipinski definition) is 4. The van der Waals surface area contributed by atoms with Crippen molar-refractivity contribution in [3.05, 3.63) is 41.0 Å². The number of aromatic carboxylic acids is 1. The van der Waals surface area contributed by atoms with E-state index in [4.69, 9.17) is 15.1 Å². The highest BCUT2D eigenvalue weighted by atomic mass is 16.5. The number of hydrogen-bond donors (Lipinski definition) is 1. The van der Waals surface area contributed by atoms with E-state index in [0.717, 1.165) is 0 Å². The Labute approximate surface area is 110 Å². The van der Waals surface area contributed by atoms with Crippen molar-refractivity contribution in [3.8, 4) is 6.07 Å². The minimum atomic E-state index is -1.07. The van der Waals surface area contributed by atoms with Crippen molar-refractivity contribution in [2.24, 2.45) is 0 Å². The molecule has 0 saturated heterocycles. The molecule has 0 saturated carbocycles. The van der Waals surface area contributed by atoms with Gasteiger partial charge < -0.3 is 9.84 Å². The first-order valence-corrected chi connectivity index (χ1v) is 5.70. The first-order valence-electron chi connectivity index (χ1n) is 5.70. The van der Waals surface area contributed by atoms with E-state index in [-0.39, 0.29) is 17.7 Å². The minimum absolute atomic E-state index is 0.0907. The number of nitrogens with zero attached hydrogens (tertiary/aromatic N) is 1. The fourth-order valence-corrected chi connectivity index (χ4v) is 1.34. The van der Waals surface area contributed by atoms with Crippen molar-refractivity contribution in [2.45, 2.75) is 13.3 Å². The van der Waals surface area contributed by atoms with E-state index in [1.807, 2.05) is 6.92 Å². The van der Waals surface area contributed by atoms with Gasteiger partial charge in [0.2, 0.25) is 0 Å². The standard InChI is InChI=1S/C14H13NO4/c1-2-6-19-14(18)12(9-15)8-10-4-3-5-11(7-10)13(16)17/h3-5,7-8H,2,6H2,1H3,(H,16,17)/b12-8+. The van der Waals surface area contributed by atoms with Crippen molar-refractivity contribution in [2.75, 3.05) is 6.61 Å². The topological polar surface area (TPSA) is 87.4 Å². The number of nitriles is 1. The van der Waals surface area contributed by atoms with Gasteiger partial charge in [-0.2, -0.15) is 5.26 Å². The second kappa shape index (κ2) is 6.97. The van der Waals surface area contributed by atoms with Crippen molar-refractivity contribution >= 4 is 18.0 Å². The molecular weight excluding hydrogens is 246 g/mol. The summed E-state index contributed by atoms with van der Waals surface area (Å²) in [6, 6.07) is 7.71. The molecule has 0 aliphatic rings. The molecule has 0 aliphatic heterocycles. The Morgan fingerprint density at radius 3 is 2.79 bits per heavy atom. The van der Waals surface area contributed by atoms with Gasteiger partial charge in [-0.25, -0.2) is 9.59 Å². The normalized spacial score (nSPS) is 10.6. The van der Waals surface area contributed by atoms with Gasteiger partial charge in [-0.05, 0) is 30.2 Å². The van der Waals surface area contributed by atoms with Crippen LogP contribution in [-0.2, 0) is 9.53 Å². The molecule has 1 aromatic carbocycles. The summed E-state index contributed by atoms with van der Waals surface area (Å²) in [5.41, 5.74) is 0.397. The third-order valence-electron chi connectivity index (χ3n) is 2.22. The molecule has 1 rings (SSSR count). The van der Waals surface area contributed by atoms with E-state index in [9.17, 15) is 9.59 Å². The van der Waals surface area contributed by atoms with Crippen molar-refractivity contribution in [1.82, 2.24) is 0 Å². The highest BCUT2D eigenvalue weighted by molar-refractivity contribution is 5.98. The Balaban J connectivity index is 2.98. The average molecular weight is 259 g/mol. The number of carbonyl (C=O) groups excluding carboxylic acids is 1. The van der Waals surface area contributed by atoms with E-state index in [1.165, 1.54) is 18.2 Å². The van der Waals surface area contributed by atoms with E-state index in [1.54, 1.807) is 18.2 Å². The molecule has 0 aromatic heterocycles. The molecule has 0 fully saturated rings. The van der Waals surface area contributed by atoms with Gasteiger partial charge in [0.25, 0.3) is 0 Å². The lowest BCUT2D eigenvalue weighted by Crippen LogP contribution is -2.07. The molecule has 0 radical (unpaired) electrons. The highest BCUT2D eigenvalue weighted by Crippen LogP contribution is 2.11. The number of carboxylic acids is 1. The first kappa shape index (κ1) is 14.5. The second-order valence-electron chi connectivity index (χ2n) is 3.74. The quantitative estimate of drug-likeness (QED) is 0.497. The molecule has 0 bridgehead atoms. The summed E-state index contributed by atoms with van der Waals surface area (Å²) < 4.78 is 4.85. The summed E-state index contributed by atoms with van der Waals surface area (Å²) >= 11 is 0. The molecule has 0 aliphatic carbocycles. The highest BCUT2D eigenvalue weighted by Gasteiger charge is 2.10. The molecule has 0 atom stereocenters. The van der Waals surface area contributed by atoms with Crippen LogP contribution in [0.3, 0.4) is 0 Å². The van der Waals surface area contributed by atoms with Crippen LogP contribution in [0.2, 0.25) is 0 Å². The third-order valence-corrected chi connectivity index (χ3v) is 2.22. The predicted molar refractivity (Wildman–Crippen MR) is 68.2 cm³/mol. The van der Waals surface area contributed by atoms with Crippen molar-refractivity contribution < 1.29 is 19.4 Å². The fourth-order valence-electron chi connectivity index (χ4n) is 1.34. The number of carboxylic acid groups (broad SMARTS) is 1. The maximum absolute atomic E-state index is 11.5. The van der Waals surface area contributed by atoms with E-state index >= 15 is 0 Å². The predicted octanol–water partition coefficient (Wildman–Crippen LogP) is 2.24. The molecule has 19 heavy (non-hydrogen) atoms. The van der Waals surface area contributed by atoms with E-state index < -0.39 is 11.9 Å². The maximum Gasteiger partial charge on any atom is 0.348 e. The summed E-state index contributed by atoms with van der Waals surface area (Å²) in [7, 11) is 0. The summed E-state index contributed by atoms with van der Waals surface area (Å²) in [6.07, 6.45) is 1.98. The zero-order chi connectivity index (χ0) is 14.3. The van der Waals surface area contributed by atoms with Crippen LogP contribution in [0.1, 0.15) is 29.3 Å². The molecule has 0 unspecified atom stereocenters. The number of benzene rings is 1. The Morgan fingerprint density at radius 1 is 1.47 bits per heavy atom. The largest absolute Gasteiger partial charge is 0.478 e. The minimum Gasteiger partial charge on any atom is -0.478 e. The van der Waals surface area contributed by atoms with Gasteiger partial charge in [0, 0.05) is 0 Å². The van der Waals surface area contributed by atoms with Crippen LogP contribution in [-0.4, -0.2) is 23.7 Å². The van der Waals surface area contributed by atoms with Gasteiger partial charge in [-0.3, -0.25) is 0 Å². The zero-order valence-electron chi connectivity index (χ0n) is 10.4. The van der Waals surface area contributed by atoms with Crippen LogP contribution in [0, 0.1) is 11.3 Å². The SMILES string of the molecule is CCCOC(=O)/C(C#N)=C/c1cccc(C(=O)O)c1. The second-order valence-corrected chi connectivity index (χ2v) is 3.74. The molecule has 5 heteroatoms. The fraction of sp³-hybridized carbons (Fsp3) is 0.214. The van der Waals surface area contributed by atoms with Crippen molar-refractivity contribution in [1.29, 1.82) is 5.26 Å². The molecule has 0 spiro atoms. The smallest absolute Gasteiger partial charge is 0.348 e. The van der Waals surface area contributed by atoms with Crippen LogP contribution < -0.4 is 0 Å². The lowest BCUT2D eigenvalue weighted by molar-refractivity contribution is -0.138. The van der Waals surface area contributed by atoms with E-state index in [2.05, 4.69) is 0 Å². The number of carbonyl (C=O) groups is 2. The average Bonchev–Trinajstić information content (AvgIpc) is 2.42. The Kier molecular flexibility index (Phi) is 5.30. The van der Waals surface area contributed by atoms with Gasteiger partial charge in [-0.15, -0.1) is 0 Å². The number of esters is 1. The van der Waals surface area contributed by atoms with Gasteiger partial charge in [0.05, 0.1) is 12.2 Å². The Morgan fingerprint density at radius 2 is 2.21 bits per heavy atom. The van der Waals surface area contributed by atoms with Crippen LogP contribution in [0.25, 0.3) is 6.08 Å².